The van der Waals surface area contributed by atoms with Crippen LogP contribution in [0.3, 0.4) is 0 Å². The number of halogens is 3. The molecular formula is C17H12Cl2FN3O2. The van der Waals surface area contributed by atoms with E-state index >= 15 is 0 Å². The third-order valence-corrected chi connectivity index (χ3v) is 3.98. The van der Waals surface area contributed by atoms with Crippen LogP contribution in [0.5, 0.6) is 0 Å². The molecule has 8 heteroatoms. The van der Waals surface area contributed by atoms with Crippen molar-refractivity contribution >= 4 is 34.8 Å². The third kappa shape index (κ3) is 4.35. The maximum Gasteiger partial charge on any atom is 0.247 e. The van der Waals surface area contributed by atoms with Crippen LogP contribution in [-0.4, -0.2) is 16.1 Å². The van der Waals surface area contributed by atoms with Gasteiger partial charge < -0.3 is 9.73 Å². The van der Waals surface area contributed by atoms with E-state index in [4.69, 9.17) is 27.6 Å². The molecule has 3 rings (SSSR count). The summed E-state index contributed by atoms with van der Waals surface area (Å²) in [4.78, 5) is 12.0. The Morgan fingerprint density at radius 1 is 1.08 bits per heavy atom. The third-order valence-electron chi connectivity index (χ3n) is 3.35. The molecular weight excluding hydrogens is 368 g/mol. The topological polar surface area (TPSA) is 68.0 Å². The Kier molecular flexibility index (Phi) is 5.31. The van der Waals surface area contributed by atoms with Crippen LogP contribution in [0.1, 0.15) is 12.3 Å². The maximum atomic E-state index is 12.9. The van der Waals surface area contributed by atoms with Crippen LogP contribution < -0.4 is 5.32 Å². The van der Waals surface area contributed by atoms with Crippen LogP contribution >= 0.6 is 23.2 Å². The van der Waals surface area contributed by atoms with Gasteiger partial charge in [-0.15, -0.1) is 10.2 Å². The van der Waals surface area contributed by atoms with Gasteiger partial charge in [0.2, 0.25) is 17.7 Å². The maximum absolute atomic E-state index is 12.9. The molecule has 0 saturated heterocycles. The quantitative estimate of drug-likeness (QED) is 0.694. The standard InChI is InChI=1S/C17H12Cl2FN3O2/c18-12-2-1-3-13(19)16(12)21-14(24)8-9-15-22-23-17(25-15)10-4-6-11(20)7-5-10/h1-7H,8-9H2,(H,21,24). The van der Waals surface area contributed by atoms with Gasteiger partial charge in [0.15, 0.2) is 0 Å². The van der Waals surface area contributed by atoms with Gasteiger partial charge in [-0.1, -0.05) is 29.3 Å². The summed E-state index contributed by atoms with van der Waals surface area (Å²) in [7, 11) is 0. The molecule has 0 spiro atoms. The van der Waals surface area contributed by atoms with Crippen LogP contribution in [0.4, 0.5) is 10.1 Å². The number of aryl methyl sites for hydroxylation is 1. The van der Waals surface area contributed by atoms with Crippen molar-refractivity contribution < 1.29 is 13.6 Å². The number of rotatable bonds is 5. The zero-order chi connectivity index (χ0) is 17.8. The van der Waals surface area contributed by atoms with Crippen molar-refractivity contribution in [3.05, 3.63) is 64.2 Å². The molecule has 0 aliphatic heterocycles. The number of carbonyl (C=O) groups is 1. The summed E-state index contributed by atoms with van der Waals surface area (Å²) in [6, 6.07) is 10.7. The number of hydrogen-bond acceptors (Lipinski definition) is 4. The van der Waals surface area contributed by atoms with Gasteiger partial charge in [0.05, 0.1) is 15.7 Å². The summed E-state index contributed by atoms with van der Waals surface area (Å²) < 4.78 is 18.4. The minimum atomic E-state index is -0.349. The number of nitrogens with zero attached hydrogens (tertiary/aromatic N) is 2. The van der Waals surface area contributed by atoms with Gasteiger partial charge in [0.1, 0.15) is 5.82 Å². The van der Waals surface area contributed by atoms with Gasteiger partial charge in [0.25, 0.3) is 0 Å². The van der Waals surface area contributed by atoms with E-state index in [1.165, 1.54) is 12.1 Å². The van der Waals surface area contributed by atoms with Gasteiger partial charge in [-0.05, 0) is 36.4 Å². The molecule has 0 fully saturated rings. The van der Waals surface area contributed by atoms with Crippen molar-refractivity contribution in [3.63, 3.8) is 0 Å². The van der Waals surface area contributed by atoms with Crippen LogP contribution in [0.2, 0.25) is 10.0 Å². The van der Waals surface area contributed by atoms with E-state index in [-0.39, 0.29) is 30.5 Å². The van der Waals surface area contributed by atoms with E-state index in [1.54, 1.807) is 30.3 Å². The highest BCUT2D eigenvalue weighted by molar-refractivity contribution is 6.39. The molecule has 0 bridgehead atoms. The SMILES string of the molecule is O=C(CCc1nnc(-c2ccc(F)cc2)o1)Nc1c(Cl)cccc1Cl. The lowest BCUT2D eigenvalue weighted by molar-refractivity contribution is -0.116. The van der Waals surface area contributed by atoms with Crippen molar-refractivity contribution in [1.29, 1.82) is 0 Å². The molecule has 1 N–H and O–H groups in total. The minimum absolute atomic E-state index is 0.118. The summed E-state index contributed by atoms with van der Waals surface area (Å²) >= 11 is 12.0. The normalized spacial score (nSPS) is 10.7. The minimum Gasteiger partial charge on any atom is -0.421 e. The Labute approximate surface area is 152 Å². The second-order valence-corrected chi connectivity index (χ2v) is 5.97. The number of aromatic nitrogens is 2. The van der Waals surface area contributed by atoms with Gasteiger partial charge in [0, 0.05) is 18.4 Å². The Hall–Kier alpha value is -2.44. The first kappa shape index (κ1) is 17.4. The summed E-state index contributed by atoms with van der Waals surface area (Å²) in [5, 5.41) is 11.2. The lowest BCUT2D eigenvalue weighted by Crippen LogP contribution is -2.13. The van der Waals surface area contributed by atoms with E-state index < -0.39 is 0 Å². The first-order chi connectivity index (χ1) is 12.0. The number of para-hydroxylation sites is 1. The van der Waals surface area contributed by atoms with Crippen molar-refractivity contribution in [3.8, 4) is 11.5 Å². The number of hydrogen-bond donors (Lipinski definition) is 1. The molecule has 0 saturated carbocycles. The zero-order valence-corrected chi connectivity index (χ0v) is 14.3. The number of anilines is 1. The van der Waals surface area contributed by atoms with E-state index in [9.17, 15) is 9.18 Å². The van der Waals surface area contributed by atoms with Crippen LogP contribution in [0, 0.1) is 5.82 Å². The Balaban J connectivity index is 1.60. The Morgan fingerprint density at radius 2 is 1.76 bits per heavy atom. The number of benzene rings is 2. The van der Waals surface area contributed by atoms with Crippen LogP contribution in [0.25, 0.3) is 11.5 Å². The number of nitrogens with one attached hydrogen (secondary N) is 1. The molecule has 0 unspecified atom stereocenters. The highest BCUT2D eigenvalue weighted by atomic mass is 35.5. The molecule has 2 aromatic carbocycles. The van der Waals surface area contributed by atoms with Crippen LogP contribution in [-0.2, 0) is 11.2 Å². The molecule has 0 radical (unpaired) electrons. The molecule has 1 amide bonds. The second-order valence-electron chi connectivity index (χ2n) is 5.15. The van der Waals surface area contributed by atoms with Crippen molar-refractivity contribution in [2.45, 2.75) is 12.8 Å². The fourth-order valence-electron chi connectivity index (χ4n) is 2.10. The Morgan fingerprint density at radius 3 is 2.44 bits per heavy atom. The number of carbonyl (C=O) groups excluding carboxylic acids is 1. The predicted octanol–water partition coefficient (Wildman–Crippen LogP) is 4.75. The summed E-state index contributed by atoms with van der Waals surface area (Å²) in [6.45, 7) is 0. The second kappa shape index (κ2) is 7.63. The molecule has 0 aliphatic rings. The lowest BCUT2D eigenvalue weighted by atomic mass is 10.2. The summed E-state index contributed by atoms with van der Waals surface area (Å²) in [6.07, 6.45) is 0.370. The molecule has 1 aromatic heterocycles. The predicted molar refractivity (Wildman–Crippen MR) is 93.1 cm³/mol. The fraction of sp³-hybridized carbons (Fsp3) is 0.118. The van der Waals surface area contributed by atoms with Gasteiger partial charge >= 0.3 is 0 Å². The first-order valence-electron chi connectivity index (χ1n) is 7.35. The molecule has 5 nitrogen and oxygen atoms in total. The smallest absolute Gasteiger partial charge is 0.247 e. The van der Waals surface area contributed by atoms with E-state index in [2.05, 4.69) is 15.5 Å². The molecule has 1 heterocycles. The monoisotopic (exact) mass is 379 g/mol. The largest absolute Gasteiger partial charge is 0.421 e. The molecule has 0 aliphatic carbocycles. The zero-order valence-electron chi connectivity index (χ0n) is 12.8. The van der Waals surface area contributed by atoms with E-state index in [0.717, 1.165) is 0 Å². The van der Waals surface area contributed by atoms with Gasteiger partial charge in [-0.25, -0.2) is 4.39 Å². The van der Waals surface area contributed by atoms with E-state index in [1.807, 2.05) is 0 Å². The fourth-order valence-corrected chi connectivity index (χ4v) is 2.60. The molecule has 25 heavy (non-hydrogen) atoms. The summed E-state index contributed by atoms with van der Waals surface area (Å²) in [5.74, 6) is -0.0563. The molecule has 128 valence electrons. The Bertz CT molecular complexity index is 877. The van der Waals surface area contributed by atoms with Crippen molar-refractivity contribution in [2.24, 2.45) is 0 Å². The first-order valence-corrected chi connectivity index (χ1v) is 8.10. The highest BCUT2D eigenvalue weighted by Crippen LogP contribution is 2.30. The van der Waals surface area contributed by atoms with Crippen molar-refractivity contribution in [1.82, 2.24) is 10.2 Å². The van der Waals surface area contributed by atoms with Crippen LogP contribution in [0.15, 0.2) is 46.9 Å². The number of amides is 1. The summed E-state index contributed by atoms with van der Waals surface area (Å²) in [5.41, 5.74) is 0.973. The average molecular weight is 380 g/mol. The highest BCUT2D eigenvalue weighted by Gasteiger charge is 2.13. The van der Waals surface area contributed by atoms with Gasteiger partial charge in [-0.2, -0.15) is 0 Å². The van der Waals surface area contributed by atoms with Crippen molar-refractivity contribution in [2.75, 3.05) is 5.32 Å². The van der Waals surface area contributed by atoms with E-state index in [0.29, 0.717) is 27.2 Å². The van der Waals surface area contributed by atoms with Gasteiger partial charge in [-0.3, -0.25) is 4.79 Å². The molecule has 0 atom stereocenters. The lowest BCUT2D eigenvalue weighted by Gasteiger charge is -2.08. The molecule has 3 aromatic rings. The average Bonchev–Trinajstić information content (AvgIpc) is 3.06.